The van der Waals surface area contributed by atoms with E-state index in [1.165, 1.54) is 0 Å². The van der Waals surface area contributed by atoms with Crippen molar-refractivity contribution in [3.8, 4) is 0 Å². The SMILES string of the molecule is NCc1cn(C2CC2)c(=O)[nH]c1=O. The van der Waals surface area contributed by atoms with Gasteiger partial charge in [0.25, 0.3) is 5.56 Å². The third kappa shape index (κ3) is 1.42. The first-order valence-electron chi connectivity index (χ1n) is 4.27. The van der Waals surface area contributed by atoms with Crippen LogP contribution in [0.1, 0.15) is 24.4 Å². The predicted molar refractivity (Wildman–Crippen MR) is 47.5 cm³/mol. The molecule has 70 valence electrons. The van der Waals surface area contributed by atoms with Crippen molar-refractivity contribution in [2.45, 2.75) is 25.4 Å². The van der Waals surface area contributed by atoms with Gasteiger partial charge in [0, 0.05) is 24.3 Å². The van der Waals surface area contributed by atoms with Crippen LogP contribution in [0.4, 0.5) is 0 Å². The molecular weight excluding hydrogens is 170 g/mol. The lowest BCUT2D eigenvalue weighted by molar-refractivity contribution is 0.664. The molecule has 0 saturated heterocycles. The number of rotatable bonds is 2. The summed E-state index contributed by atoms with van der Waals surface area (Å²) in [5, 5.41) is 0. The monoisotopic (exact) mass is 181 g/mol. The summed E-state index contributed by atoms with van der Waals surface area (Å²) in [6.07, 6.45) is 3.59. The Labute approximate surface area is 74.2 Å². The molecule has 1 fully saturated rings. The number of H-pyrrole nitrogens is 1. The van der Waals surface area contributed by atoms with Gasteiger partial charge in [-0.25, -0.2) is 4.79 Å². The van der Waals surface area contributed by atoms with Crippen molar-refractivity contribution in [2.24, 2.45) is 5.73 Å². The first kappa shape index (κ1) is 8.25. The van der Waals surface area contributed by atoms with E-state index in [0.29, 0.717) is 5.56 Å². The second-order valence-electron chi connectivity index (χ2n) is 3.26. The fourth-order valence-corrected chi connectivity index (χ4v) is 1.30. The molecule has 1 aliphatic carbocycles. The van der Waals surface area contributed by atoms with Gasteiger partial charge in [-0.05, 0) is 12.8 Å². The summed E-state index contributed by atoms with van der Waals surface area (Å²) >= 11 is 0. The second kappa shape index (κ2) is 2.85. The third-order valence-electron chi connectivity index (χ3n) is 2.20. The normalized spacial score (nSPS) is 16.1. The minimum Gasteiger partial charge on any atom is -0.326 e. The number of nitrogens with one attached hydrogen (secondary N) is 1. The summed E-state index contributed by atoms with van der Waals surface area (Å²) < 4.78 is 1.56. The first-order chi connectivity index (χ1) is 6.22. The third-order valence-corrected chi connectivity index (χ3v) is 2.20. The molecule has 0 spiro atoms. The quantitative estimate of drug-likeness (QED) is 0.635. The van der Waals surface area contributed by atoms with Crippen LogP contribution in [0.25, 0.3) is 0 Å². The fourth-order valence-electron chi connectivity index (χ4n) is 1.30. The van der Waals surface area contributed by atoms with Gasteiger partial charge >= 0.3 is 5.69 Å². The maximum Gasteiger partial charge on any atom is 0.328 e. The van der Waals surface area contributed by atoms with Crippen LogP contribution >= 0.6 is 0 Å². The van der Waals surface area contributed by atoms with Crippen molar-refractivity contribution in [3.05, 3.63) is 32.6 Å². The molecule has 0 amide bonds. The molecule has 1 aromatic heterocycles. The van der Waals surface area contributed by atoms with Gasteiger partial charge in [-0.2, -0.15) is 0 Å². The van der Waals surface area contributed by atoms with Gasteiger partial charge in [0.2, 0.25) is 0 Å². The molecule has 0 aliphatic heterocycles. The van der Waals surface area contributed by atoms with E-state index in [2.05, 4.69) is 4.98 Å². The molecule has 0 atom stereocenters. The summed E-state index contributed by atoms with van der Waals surface area (Å²) in [4.78, 5) is 24.6. The molecule has 13 heavy (non-hydrogen) atoms. The Balaban J connectivity index is 2.57. The van der Waals surface area contributed by atoms with E-state index in [0.717, 1.165) is 12.8 Å². The average molecular weight is 181 g/mol. The Morgan fingerprint density at radius 1 is 1.54 bits per heavy atom. The Morgan fingerprint density at radius 3 is 2.77 bits per heavy atom. The van der Waals surface area contributed by atoms with Gasteiger partial charge in [-0.15, -0.1) is 0 Å². The maximum atomic E-state index is 11.3. The van der Waals surface area contributed by atoms with E-state index < -0.39 is 0 Å². The van der Waals surface area contributed by atoms with Crippen molar-refractivity contribution in [1.29, 1.82) is 0 Å². The van der Waals surface area contributed by atoms with Gasteiger partial charge in [-0.3, -0.25) is 14.3 Å². The van der Waals surface area contributed by atoms with E-state index in [1.54, 1.807) is 10.8 Å². The van der Waals surface area contributed by atoms with Gasteiger partial charge in [0.1, 0.15) is 0 Å². The summed E-state index contributed by atoms with van der Waals surface area (Å²) in [6, 6.07) is 0.273. The molecule has 5 heteroatoms. The van der Waals surface area contributed by atoms with Gasteiger partial charge in [0.15, 0.2) is 0 Å². The zero-order chi connectivity index (χ0) is 9.42. The molecule has 0 bridgehead atoms. The zero-order valence-corrected chi connectivity index (χ0v) is 7.12. The average Bonchev–Trinajstić information content (AvgIpc) is 2.88. The van der Waals surface area contributed by atoms with Crippen LogP contribution in [0.5, 0.6) is 0 Å². The number of nitrogens with two attached hydrogens (primary N) is 1. The first-order valence-corrected chi connectivity index (χ1v) is 4.27. The van der Waals surface area contributed by atoms with Crippen LogP contribution in [0.3, 0.4) is 0 Å². The fraction of sp³-hybridized carbons (Fsp3) is 0.500. The summed E-state index contributed by atoms with van der Waals surface area (Å²) in [6.45, 7) is 0.169. The molecule has 2 rings (SSSR count). The summed E-state index contributed by atoms with van der Waals surface area (Å²) in [5.74, 6) is 0. The highest BCUT2D eigenvalue weighted by molar-refractivity contribution is 5.05. The van der Waals surface area contributed by atoms with Gasteiger partial charge in [0.05, 0.1) is 0 Å². The Kier molecular flexibility index (Phi) is 1.81. The lowest BCUT2D eigenvalue weighted by Crippen LogP contribution is -2.32. The number of hydrogen-bond donors (Lipinski definition) is 2. The highest BCUT2D eigenvalue weighted by atomic mass is 16.2. The lowest BCUT2D eigenvalue weighted by atomic mass is 10.3. The smallest absolute Gasteiger partial charge is 0.326 e. The topological polar surface area (TPSA) is 80.9 Å². The molecule has 1 aromatic rings. The van der Waals surface area contributed by atoms with Crippen molar-refractivity contribution >= 4 is 0 Å². The molecule has 0 radical (unpaired) electrons. The molecule has 3 N–H and O–H groups in total. The van der Waals surface area contributed by atoms with Crippen LogP contribution in [0.15, 0.2) is 15.8 Å². The molecule has 5 nitrogen and oxygen atoms in total. The number of hydrogen-bond acceptors (Lipinski definition) is 3. The van der Waals surface area contributed by atoms with E-state index >= 15 is 0 Å². The van der Waals surface area contributed by atoms with Crippen LogP contribution in [0, 0.1) is 0 Å². The zero-order valence-electron chi connectivity index (χ0n) is 7.12. The van der Waals surface area contributed by atoms with Crippen molar-refractivity contribution in [1.82, 2.24) is 9.55 Å². The largest absolute Gasteiger partial charge is 0.328 e. The van der Waals surface area contributed by atoms with Crippen LogP contribution in [-0.2, 0) is 6.54 Å². The van der Waals surface area contributed by atoms with Crippen molar-refractivity contribution in [2.75, 3.05) is 0 Å². The maximum absolute atomic E-state index is 11.3. The standard InChI is InChI=1S/C8H11N3O2/c9-3-5-4-11(6-1-2-6)8(13)10-7(5)12/h4,6H,1-3,9H2,(H,10,12,13). The number of nitrogens with zero attached hydrogens (tertiary/aromatic N) is 1. The van der Waals surface area contributed by atoms with E-state index in [1.807, 2.05) is 0 Å². The predicted octanol–water partition coefficient (Wildman–Crippen LogP) is -0.670. The minimum absolute atomic E-state index is 0.169. The summed E-state index contributed by atoms with van der Waals surface area (Å²) in [7, 11) is 0. The van der Waals surface area contributed by atoms with Crippen LogP contribution in [-0.4, -0.2) is 9.55 Å². The highest BCUT2D eigenvalue weighted by Crippen LogP contribution is 2.32. The summed E-state index contributed by atoms with van der Waals surface area (Å²) in [5.41, 5.74) is 5.12. The van der Waals surface area contributed by atoms with Gasteiger partial charge in [-0.1, -0.05) is 0 Å². The lowest BCUT2D eigenvalue weighted by Gasteiger charge is -2.03. The molecule has 1 aliphatic rings. The number of aromatic nitrogens is 2. The van der Waals surface area contributed by atoms with Gasteiger partial charge < -0.3 is 5.73 Å². The van der Waals surface area contributed by atoms with Crippen molar-refractivity contribution < 1.29 is 0 Å². The minimum atomic E-state index is -0.371. The Bertz CT molecular complexity index is 428. The molecule has 0 aromatic carbocycles. The molecule has 1 heterocycles. The van der Waals surface area contributed by atoms with Crippen LogP contribution in [0.2, 0.25) is 0 Å². The molecule has 1 saturated carbocycles. The van der Waals surface area contributed by atoms with E-state index in [9.17, 15) is 9.59 Å². The Hall–Kier alpha value is -1.36. The van der Waals surface area contributed by atoms with Crippen molar-refractivity contribution in [3.63, 3.8) is 0 Å². The molecule has 0 unspecified atom stereocenters. The highest BCUT2D eigenvalue weighted by Gasteiger charge is 2.24. The Morgan fingerprint density at radius 2 is 2.23 bits per heavy atom. The van der Waals surface area contributed by atoms with Crippen LogP contribution < -0.4 is 17.0 Å². The molecular formula is C8H11N3O2. The number of aromatic amines is 1. The second-order valence-corrected chi connectivity index (χ2v) is 3.26. The van der Waals surface area contributed by atoms with E-state index in [4.69, 9.17) is 5.73 Å². The van der Waals surface area contributed by atoms with E-state index in [-0.39, 0.29) is 23.8 Å².